The minimum atomic E-state index is 0.0694. The monoisotopic (exact) mass is 218 g/mol. The molecule has 0 aliphatic heterocycles. The molecular weight excluding hydrogens is 204 g/mol. The molecule has 0 spiro atoms. The predicted octanol–water partition coefficient (Wildman–Crippen LogP) is 3.14. The highest BCUT2D eigenvalue weighted by Crippen LogP contribution is 2.30. The van der Waals surface area contributed by atoms with E-state index in [1.165, 1.54) is 4.88 Å². The van der Waals surface area contributed by atoms with Gasteiger partial charge in [0.2, 0.25) is 0 Å². The highest BCUT2D eigenvalue weighted by atomic mass is 32.1. The van der Waals surface area contributed by atoms with Crippen molar-refractivity contribution in [2.45, 2.75) is 19.9 Å². The molecule has 1 heterocycles. The average Bonchev–Trinajstić information content (AvgIpc) is 2.62. The SMILES string of the molecule is Cc1nc(-c2ccccc2)sc1[C@H](C)N. The smallest absolute Gasteiger partial charge is 0.123 e. The molecule has 2 rings (SSSR count). The normalized spacial score (nSPS) is 12.7. The topological polar surface area (TPSA) is 38.9 Å². The summed E-state index contributed by atoms with van der Waals surface area (Å²) in [5.41, 5.74) is 8.09. The maximum Gasteiger partial charge on any atom is 0.123 e. The molecule has 0 aliphatic carbocycles. The van der Waals surface area contributed by atoms with Gasteiger partial charge in [-0.05, 0) is 13.8 Å². The van der Waals surface area contributed by atoms with Crippen molar-refractivity contribution in [2.75, 3.05) is 0 Å². The van der Waals surface area contributed by atoms with Crippen LogP contribution in [0.4, 0.5) is 0 Å². The number of rotatable bonds is 2. The number of nitrogens with two attached hydrogens (primary N) is 1. The third-order valence-electron chi connectivity index (χ3n) is 2.27. The summed E-state index contributed by atoms with van der Waals surface area (Å²) in [7, 11) is 0. The van der Waals surface area contributed by atoms with Crippen LogP contribution in [0.3, 0.4) is 0 Å². The zero-order valence-electron chi connectivity index (χ0n) is 8.90. The zero-order chi connectivity index (χ0) is 10.8. The molecular formula is C12H14N2S. The van der Waals surface area contributed by atoms with Crippen molar-refractivity contribution < 1.29 is 0 Å². The third-order valence-corrected chi connectivity index (χ3v) is 3.67. The van der Waals surface area contributed by atoms with E-state index >= 15 is 0 Å². The standard InChI is InChI=1S/C12H14N2S/c1-8(13)11-9(2)14-12(15-11)10-6-4-3-5-7-10/h3-8H,13H2,1-2H3/t8-/m0/s1. The minimum Gasteiger partial charge on any atom is -0.323 e. The number of thiazole rings is 1. The Balaban J connectivity index is 2.43. The van der Waals surface area contributed by atoms with Gasteiger partial charge in [-0.2, -0.15) is 0 Å². The van der Waals surface area contributed by atoms with Gasteiger partial charge in [0.1, 0.15) is 5.01 Å². The Morgan fingerprint density at radius 1 is 1.27 bits per heavy atom. The van der Waals surface area contributed by atoms with Crippen molar-refractivity contribution in [3.8, 4) is 10.6 Å². The number of aryl methyl sites for hydroxylation is 1. The molecule has 0 saturated heterocycles. The molecule has 1 atom stereocenters. The molecule has 0 unspecified atom stereocenters. The van der Waals surface area contributed by atoms with Crippen LogP contribution in [0.25, 0.3) is 10.6 Å². The lowest BCUT2D eigenvalue weighted by atomic mass is 10.2. The quantitative estimate of drug-likeness (QED) is 0.841. The fourth-order valence-corrected chi connectivity index (χ4v) is 2.56. The Bertz CT molecular complexity index is 446. The summed E-state index contributed by atoms with van der Waals surface area (Å²) in [4.78, 5) is 5.72. The highest BCUT2D eigenvalue weighted by Gasteiger charge is 2.11. The lowest BCUT2D eigenvalue weighted by molar-refractivity contribution is 0.825. The minimum absolute atomic E-state index is 0.0694. The second kappa shape index (κ2) is 4.13. The summed E-state index contributed by atoms with van der Waals surface area (Å²) >= 11 is 1.68. The van der Waals surface area contributed by atoms with Crippen molar-refractivity contribution in [2.24, 2.45) is 5.73 Å². The first-order valence-electron chi connectivity index (χ1n) is 4.97. The van der Waals surface area contributed by atoms with E-state index < -0.39 is 0 Å². The maximum absolute atomic E-state index is 5.88. The lowest BCUT2D eigenvalue weighted by Gasteiger charge is -1.99. The molecule has 15 heavy (non-hydrogen) atoms. The first-order chi connectivity index (χ1) is 7.18. The van der Waals surface area contributed by atoms with Gasteiger partial charge in [-0.3, -0.25) is 0 Å². The Morgan fingerprint density at radius 3 is 2.47 bits per heavy atom. The van der Waals surface area contributed by atoms with Crippen LogP contribution in [0.1, 0.15) is 23.5 Å². The van der Waals surface area contributed by atoms with Crippen molar-refractivity contribution in [1.29, 1.82) is 0 Å². The molecule has 1 aromatic carbocycles. The van der Waals surface area contributed by atoms with Gasteiger partial charge in [0.05, 0.1) is 5.69 Å². The van der Waals surface area contributed by atoms with E-state index in [1.54, 1.807) is 11.3 Å². The largest absolute Gasteiger partial charge is 0.323 e. The molecule has 0 aliphatic rings. The predicted molar refractivity (Wildman–Crippen MR) is 64.9 cm³/mol. The maximum atomic E-state index is 5.88. The molecule has 3 heteroatoms. The molecule has 0 radical (unpaired) electrons. The number of hydrogen-bond donors (Lipinski definition) is 1. The van der Waals surface area contributed by atoms with Crippen LogP contribution < -0.4 is 5.73 Å². The van der Waals surface area contributed by atoms with Crippen molar-refractivity contribution >= 4 is 11.3 Å². The van der Waals surface area contributed by atoms with Gasteiger partial charge in [-0.25, -0.2) is 4.98 Å². The lowest BCUT2D eigenvalue weighted by Crippen LogP contribution is -2.03. The molecule has 0 amide bonds. The summed E-state index contributed by atoms with van der Waals surface area (Å²) in [6.07, 6.45) is 0. The molecule has 2 nitrogen and oxygen atoms in total. The number of aromatic nitrogens is 1. The van der Waals surface area contributed by atoms with Gasteiger partial charge < -0.3 is 5.73 Å². The zero-order valence-corrected chi connectivity index (χ0v) is 9.71. The fourth-order valence-electron chi connectivity index (χ4n) is 1.53. The molecule has 0 saturated carbocycles. The molecule has 2 aromatic rings. The van der Waals surface area contributed by atoms with Crippen LogP contribution in [-0.4, -0.2) is 4.98 Å². The first kappa shape index (κ1) is 10.3. The third kappa shape index (κ3) is 2.08. The van der Waals surface area contributed by atoms with E-state index in [0.29, 0.717) is 0 Å². The van der Waals surface area contributed by atoms with Gasteiger partial charge in [0, 0.05) is 16.5 Å². The molecule has 2 N–H and O–H groups in total. The summed E-state index contributed by atoms with van der Waals surface area (Å²) in [5, 5.41) is 1.06. The summed E-state index contributed by atoms with van der Waals surface area (Å²) in [6.45, 7) is 4.01. The van der Waals surface area contributed by atoms with Crippen LogP contribution >= 0.6 is 11.3 Å². The van der Waals surface area contributed by atoms with Crippen molar-refractivity contribution in [3.63, 3.8) is 0 Å². The Kier molecular flexibility index (Phi) is 2.84. The van der Waals surface area contributed by atoms with E-state index in [0.717, 1.165) is 16.3 Å². The van der Waals surface area contributed by atoms with Crippen LogP contribution in [0.5, 0.6) is 0 Å². The van der Waals surface area contributed by atoms with Gasteiger partial charge in [-0.1, -0.05) is 30.3 Å². The summed E-state index contributed by atoms with van der Waals surface area (Å²) < 4.78 is 0. The highest BCUT2D eigenvalue weighted by molar-refractivity contribution is 7.15. The van der Waals surface area contributed by atoms with Crippen molar-refractivity contribution in [3.05, 3.63) is 40.9 Å². The Morgan fingerprint density at radius 2 is 1.93 bits per heavy atom. The van der Waals surface area contributed by atoms with Gasteiger partial charge in [-0.15, -0.1) is 11.3 Å². The average molecular weight is 218 g/mol. The summed E-state index contributed by atoms with van der Waals surface area (Å²) in [6, 6.07) is 10.3. The molecule has 1 aromatic heterocycles. The molecule has 0 fully saturated rings. The Hall–Kier alpha value is -1.19. The number of benzene rings is 1. The first-order valence-corrected chi connectivity index (χ1v) is 5.78. The fraction of sp³-hybridized carbons (Fsp3) is 0.250. The number of nitrogens with zero attached hydrogens (tertiary/aromatic N) is 1. The van der Waals surface area contributed by atoms with E-state index in [9.17, 15) is 0 Å². The second-order valence-electron chi connectivity index (χ2n) is 3.62. The molecule has 0 bridgehead atoms. The van der Waals surface area contributed by atoms with Crippen LogP contribution in [-0.2, 0) is 0 Å². The van der Waals surface area contributed by atoms with E-state index in [4.69, 9.17) is 5.73 Å². The van der Waals surface area contributed by atoms with Gasteiger partial charge in [0.25, 0.3) is 0 Å². The summed E-state index contributed by atoms with van der Waals surface area (Å²) in [5.74, 6) is 0. The number of hydrogen-bond acceptors (Lipinski definition) is 3. The van der Waals surface area contributed by atoms with Gasteiger partial charge >= 0.3 is 0 Å². The molecule has 78 valence electrons. The van der Waals surface area contributed by atoms with Gasteiger partial charge in [0.15, 0.2) is 0 Å². The van der Waals surface area contributed by atoms with Crippen LogP contribution in [0, 0.1) is 6.92 Å². The van der Waals surface area contributed by atoms with Crippen LogP contribution in [0.2, 0.25) is 0 Å². The van der Waals surface area contributed by atoms with E-state index in [1.807, 2.05) is 32.0 Å². The Labute approximate surface area is 93.8 Å². The van der Waals surface area contributed by atoms with Crippen molar-refractivity contribution in [1.82, 2.24) is 4.98 Å². The van der Waals surface area contributed by atoms with Crippen LogP contribution in [0.15, 0.2) is 30.3 Å². The second-order valence-corrected chi connectivity index (χ2v) is 4.65. The van der Waals surface area contributed by atoms with E-state index in [2.05, 4.69) is 17.1 Å². The van der Waals surface area contributed by atoms with E-state index in [-0.39, 0.29) is 6.04 Å².